The van der Waals surface area contributed by atoms with Crippen LogP contribution in [0.25, 0.3) is 21.8 Å². The Morgan fingerprint density at radius 1 is 0.621 bits per heavy atom. The fourth-order valence-corrected chi connectivity index (χ4v) is 5.60. The molecule has 0 bridgehead atoms. The van der Waals surface area contributed by atoms with Crippen molar-refractivity contribution in [1.82, 2.24) is 4.57 Å². The van der Waals surface area contributed by atoms with Crippen molar-refractivity contribution in [2.75, 3.05) is 10.8 Å². The summed E-state index contributed by atoms with van der Waals surface area (Å²) in [6.07, 6.45) is 0.0946. The molecule has 0 amide bonds. The van der Waals surface area contributed by atoms with E-state index in [1.54, 1.807) is 0 Å². The van der Waals surface area contributed by atoms with E-state index in [1.165, 1.54) is 38.0 Å². The second-order valence-corrected chi connectivity index (χ2v) is 8.39. The van der Waals surface area contributed by atoms with Crippen LogP contribution in [0.4, 0.5) is 5.69 Å². The Bertz CT molecular complexity index is 1270. The van der Waals surface area contributed by atoms with Crippen LogP contribution in [0.15, 0.2) is 108 Å². The summed E-state index contributed by atoms with van der Waals surface area (Å²) in [7, 11) is 0. The van der Waals surface area contributed by atoms with E-state index in [0.717, 1.165) is 5.88 Å². The number of rotatable bonds is 3. The van der Waals surface area contributed by atoms with E-state index in [-0.39, 0.29) is 6.17 Å². The number of aromatic nitrogens is 1. The number of hydrogen-bond acceptors (Lipinski definition) is 2. The zero-order valence-corrected chi connectivity index (χ0v) is 16.7. The van der Waals surface area contributed by atoms with Crippen molar-refractivity contribution in [3.8, 4) is 0 Å². The molecule has 3 heteroatoms. The topological polar surface area (TPSA) is 8.17 Å². The van der Waals surface area contributed by atoms with Crippen LogP contribution in [0.3, 0.4) is 0 Å². The van der Waals surface area contributed by atoms with Crippen LogP contribution in [0.1, 0.15) is 11.7 Å². The van der Waals surface area contributed by atoms with Crippen LogP contribution in [0.5, 0.6) is 0 Å². The summed E-state index contributed by atoms with van der Waals surface area (Å²) in [5.41, 5.74) is 5.17. The molecule has 5 aromatic rings. The smallest absolute Gasteiger partial charge is 0.133 e. The highest BCUT2D eigenvalue weighted by Crippen LogP contribution is 2.45. The lowest BCUT2D eigenvalue weighted by atomic mass is 10.1. The van der Waals surface area contributed by atoms with Crippen LogP contribution in [0, 0.1) is 0 Å². The van der Waals surface area contributed by atoms with Gasteiger partial charge in [-0.1, -0.05) is 78.9 Å². The monoisotopic (exact) mass is 392 g/mol. The summed E-state index contributed by atoms with van der Waals surface area (Å²) in [5.74, 6) is 0.944. The minimum atomic E-state index is 0.0946. The van der Waals surface area contributed by atoms with Gasteiger partial charge in [-0.05, 0) is 29.8 Å². The second kappa shape index (κ2) is 6.71. The number of hydrogen-bond donors (Lipinski definition) is 0. The molecule has 1 aliphatic rings. The molecule has 0 aliphatic carbocycles. The molecule has 0 saturated heterocycles. The highest BCUT2D eigenvalue weighted by molar-refractivity contribution is 7.99. The molecule has 0 spiro atoms. The Kier molecular flexibility index (Phi) is 3.88. The van der Waals surface area contributed by atoms with Crippen LogP contribution in [-0.2, 0) is 0 Å². The van der Waals surface area contributed by atoms with Gasteiger partial charge in [0.25, 0.3) is 0 Å². The lowest BCUT2D eigenvalue weighted by Gasteiger charge is -2.32. The standard InChI is InChI=1S/C26H20N2S/c1-2-10-19(11-3-1)26(27-18-29-25-17-9-8-16-24(25)27)28-22-14-6-4-12-20(22)21-13-5-7-15-23(21)28/h1-17,26H,18H2. The minimum absolute atomic E-state index is 0.0946. The predicted molar refractivity (Wildman–Crippen MR) is 124 cm³/mol. The molecule has 1 aromatic heterocycles. The first-order valence-electron chi connectivity index (χ1n) is 9.93. The van der Waals surface area contributed by atoms with Crippen molar-refractivity contribution in [1.29, 1.82) is 0 Å². The Morgan fingerprint density at radius 3 is 1.93 bits per heavy atom. The highest BCUT2D eigenvalue weighted by atomic mass is 32.2. The van der Waals surface area contributed by atoms with Crippen molar-refractivity contribution in [3.05, 3.63) is 109 Å². The average Bonchev–Trinajstić information content (AvgIpc) is 3.36. The third-order valence-electron chi connectivity index (χ3n) is 5.79. The highest BCUT2D eigenvalue weighted by Gasteiger charge is 2.30. The lowest BCUT2D eigenvalue weighted by Crippen LogP contribution is -2.31. The summed E-state index contributed by atoms with van der Waals surface area (Å²) >= 11 is 1.92. The maximum Gasteiger partial charge on any atom is 0.133 e. The van der Waals surface area contributed by atoms with Gasteiger partial charge in [0.05, 0.1) is 22.6 Å². The van der Waals surface area contributed by atoms with E-state index in [9.17, 15) is 0 Å². The van der Waals surface area contributed by atoms with Gasteiger partial charge in [0.1, 0.15) is 6.17 Å². The van der Waals surface area contributed by atoms with Crippen molar-refractivity contribution < 1.29 is 0 Å². The molecule has 1 aliphatic heterocycles. The molecule has 6 rings (SSSR count). The predicted octanol–water partition coefficient (Wildman–Crippen LogP) is 6.91. The van der Waals surface area contributed by atoms with Gasteiger partial charge in [-0.15, -0.1) is 11.8 Å². The summed E-state index contributed by atoms with van der Waals surface area (Å²) in [4.78, 5) is 3.89. The van der Waals surface area contributed by atoms with Crippen LogP contribution < -0.4 is 4.90 Å². The van der Waals surface area contributed by atoms with Gasteiger partial charge in [-0.3, -0.25) is 0 Å². The molecule has 140 valence electrons. The van der Waals surface area contributed by atoms with Gasteiger partial charge in [0.15, 0.2) is 0 Å². The van der Waals surface area contributed by atoms with Gasteiger partial charge in [0, 0.05) is 15.7 Å². The second-order valence-electron chi connectivity index (χ2n) is 7.40. The van der Waals surface area contributed by atoms with E-state index >= 15 is 0 Å². The molecule has 2 heterocycles. The number of benzene rings is 4. The van der Waals surface area contributed by atoms with E-state index in [4.69, 9.17) is 0 Å². The average molecular weight is 393 g/mol. The molecule has 2 nitrogen and oxygen atoms in total. The number of para-hydroxylation sites is 3. The molecule has 29 heavy (non-hydrogen) atoms. The lowest BCUT2D eigenvalue weighted by molar-refractivity contribution is 0.603. The molecule has 0 saturated carbocycles. The Balaban J connectivity index is 1.68. The Labute approximate surface area is 174 Å². The number of nitrogens with zero attached hydrogens (tertiary/aromatic N) is 2. The van der Waals surface area contributed by atoms with Crippen molar-refractivity contribution in [3.63, 3.8) is 0 Å². The van der Waals surface area contributed by atoms with Crippen LogP contribution in [0.2, 0.25) is 0 Å². The molecular formula is C26H20N2S. The fraction of sp³-hybridized carbons (Fsp3) is 0.0769. The van der Waals surface area contributed by atoms with Gasteiger partial charge < -0.3 is 9.47 Å². The summed E-state index contributed by atoms with van der Waals surface area (Å²) < 4.78 is 2.52. The minimum Gasteiger partial charge on any atom is -0.336 e. The SMILES string of the molecule is c1ccc(C(N2CSc3ccccc32)n2c3ccccc3c3ccccc32)cc1. The molecule has 1 atom stereocenters. The summed E-state index contributed by atoms with van der Waals surface area (Å²) in [6.45, 7) is 0. The normalized spacial score (nSPS) is 14.4. The molecule has 1 unspecified atom stereocenters. The van der Waals surface area contributed by atoms with Gasteiger partial charge in [0.2, 0.25) is 0 Å². The first-order valence-corrected chi connectivity index (χ1v) is 10.9. The van der Waals surface area contributed by atoms with E-state index in [0.29, 0.717) is 0 Å². The zero-order valence-electron chi connectivity index (χ0n) is 15.9. The molecular weight excluding hydrogens is 372 g/mol. The number of anilines is 1. The maximum absolute atomic E-state index is 2.54. The fourth-order valence-electron chi connectivity index (χ4n) is 4.54. The number of fused-ring (bicyclic) bond motifs is 4. The molecule has 0 radical (unpaired) electrons. The van der Waals surface area contributed by atoms with E-state index in [1.807, 2.05) is 11.8 Å². The summed E-state index contributed by atoms with van der Waals surface area (Å²) in [5, 5.41) is 2.62. The third-order valence-corrected chi connectivity index (χ3v) is 6.85. The van der Waals surface area contributed by atoms with Gasteiger partial charge in [-0.2, -0.15) is 0 Å². The van der Waals surface area contributed by atoms with Crippen molar-refractivity contribution >= 4 is 39.3 Å². The van der Waals surface area contributed by atoms with E-state index in [2.05, 4.69) is 113 Å². The molecule has 0 fully saturated rings. The van der Waals surface area contributed by atoms with Crippen molar-refractivity contribution in [2.45, 2.75) is 11.1 Å². The summed E-state index contributed by atoms with van der Waals surface area (Å²) in [6, 6.07) is 37.2. The van der Waals surface area contributed by atoms with Gasteiger partial charge >= 0.3 is 0 Å². The Morgan fingerprint density at radius 2 is 1.21 bits per heavy atom. The largest absolute Gasteiger partial charge is 0.336 e. The third kappa shape index (κ3) is 2.58. The quantitative estimate of drug-likeness (QED) is 0.329. The van der Waals surface area contributed by atoms with E-state index < -0.39 is 0 Å². The van der Waals surface area contributed by atoms with Crippen LogP contribution >= 0.6 is 11.8 Å². The first-order chi connectivity index (χ1) is 14.4. The number of thioether (sulfide) groups is 1. The molecule has 4 aromatic carbocycles. The maximum atomic E-state index is 2.54. The first kappa shape index (κ1) is 16.8. The van der Waals surface area contributed by atoms with Gasteiger partial charge in [-0.25, -0.2) is 0 Å². The zero-order chi connectivity index (χ0) is 19.2. The molecule has 0 N–H and O–H groups in total. The van der Waals surface area contributed by atoms with Crippen LogP contribution in [-0.4, -0.2) is 10.4 Å². The Hall–Kier alpha value is -3.17. The van der Waals surface area contributed by atoms with Crippen molar-refractivity contribution in [2.24, 2.45) is 0 Å².